The Morgan fingerprint density at radius 2 is 2.38 bits per heavy atom. The lowest BCUT2D eigenvalue weighted by molar-refractivity contribution is 0.0814. The van der Waals surface area contributed by atoms with E-state index in [-0.39, 0.29) is 0 Å². The maximum atomic E-state index is 9.23. The molecule has 2 aliphatic rings. The minimum absolute atomic E-state index is 0.332. The Labute approximate surface area is 98.1 Å². The predicted molar refractivity (Wildman–Crippen MR) is 64.4 cm³/mol. The largest absolute Gasteiger partial charge is 0.396 e. The molecule has 3 nitrogen and oxygen atoms in total. The lowest BCUT2D eigenvalue weighted by Gasteiger charge is -2.38. The first-order valence-corrected chi connectivity index (χ1v) is 6.40. The summed E-state index contributed by atoms with van der Waals surface area (Å²) in [5.74, 6) is 0.473. The van der Waals surface area contributed by atoms with Crippen molar-refractivity contribution in [3.05, 3.63) is 11.6 Å². The second-order valence-electron chi connectivity index (χ2n) is 5.11. The van der Waals surface area contributed by atoms with Gasteiger partial charge in [-0.15, -0.1) is 0 Å². The molecule has 2 atom stereocenters. The molecule has 3 heteroatoms. The van der Waals surface area contributed by atoms with Gasteiger partial charge < -0.3 is 9.84 Å². The molecule has 0 aromatic carbocycles. The standard InChI is InChI=1S/C13H23NO2/c1-11-4-5-12(9-15)7-14(11)8-13-3-2-6-16-10-13/h3,11-12,15H,2,4-10H2,1H3. The zero-order chi connectivity index (χ0) is 11.4. The zero-order valence-electron chi connectivity index (χ0n) is 10.2. The molecule has 0 aromatic heterocycles. The number of aliphatic hydroxyl groups excluding tert-OH is 1. The monoisotopic (exact) mass is 225 g/mol. The summed E-state index contributed by atoms with van der Waals surface area (Å²) in [6.45, 7) is 6.36. The summed E-state index contributed by atoms with van der Waals surface area (Å²) in [7, 11) is 0. The molecule has 1 N–H and O–H groups in total. The average Bonchev–Trinajstić information content (AvgIpc) is 2.33. The van der Waals surface area contributed by atoms with Gasteiger partial charge in [0, 0.05) is 25.7 Å². The van der Waals surface area contributed by atoms with Crippen molar-refractivity contribution in [1.29, 1.82) is 0 Å². The third-order valence-electron chi connectivity index (χ3n) is 3.76. The Morgan fingerprint density at radius 3 is 3.06 bits per heavy atom. The Morgan fingerprint density at radius 1 is 1.50 bits per heavy atom. The number of rotatable bonds is 3. The Kier molecular flexibility index (Phi) is 4.38. The molecule has 92 valence electrons. The number of aliphatic hydroxyl groups is 1. The van der Waals surface area contributed by atoms with Gasteiger partial charge in [0.25, 0.3) is 0 Å². The topological polar surface area (TPSA) is 32.7 Å². The van der Waals surface area contributed by atoms with Crippen LogP contribution < -0.4 is 0 Å². The number of nitrogens with zero attached hydrogens (tertiary/aromatic N) is 1. The Balaban J connectivity index is 1.88. The predicted octanol–water partition coefficient (Wildman–Crippen LogP) is 1.43. The molecular weight excluding hydrogens is 202 g/mol. The fourth-order valence-electron chi connectivity index (χ4n) is 2.61. The fourth-order valence-corrected chi connectivity index (χ4v) is 2.61. The highest BCUT2D eigenvalue weighted by Gasteiger charge is 2.25. The van der Waals surface area contributed by atoms with E-state index in [4.69, 9.17) is 4.74 Å². The summed E-state index contributed by atoms with van der Waals surface area (Å²) >= 11 is 0. The van der Waals surface area contributed by atoms with E-state index < -0.39 is 0 Å². The lowest BCUT2D eigenvalue weighted by Crippen LogP contribution is -2.44. The van der Waals surface area contributed by atoms with E-state index in [1.54, 1.807) is 0 Å². The molecule has 0 amide bonds. The van der Waals surface area contributed by atoms with Crippen molar-refractivity contribution < 1.29 is 9.84 Å². The van der Waals surface area contributed by atoms with Crippen LogP contribution >= 0.6 is 0 Å². The fraction of sp³-hybridized carbons (Fsp3) is 0.846. The molecule has 0 radical (unpaired) electrons. The first-order chi connectivity index (χ1) is 7.79. The third-order valence-corrected chi connectivity index (χ3v) is 3.76. The highest BCUT2D eigenvalue weighted by atomic mass is 16.5. The van der Waals surface area contributed by atoms with Crippen LogP contribution in [0.25, 0.3) is 0 Å². The van der Waals surface area contributed by atoms with Crippen LogP contribution in [-0.2, 0) is 4.74 Å². The smallest absolute Gasteiger partial charge is 0.0689 e. The number of piperidine rings is 1. The quantitative estimate of drug-likeness (QED) is 0.737. The van der Waals surface area contributed by atoms with Crippen molar-refractivity contribution in [3.63, 3.8) is 0 Å². The molecule has 16 heavy (non-hydrogen) atoms. The van der Waals surface area contributed by atoms with E-state index in [2.05, 4.69) is 17.9 Å². The van der Waals surface area contributed by atoms with Gasteiger partial charge in [0.15, 0.2) is 0 Å². The van der Waals surface area contributed by atoms with Crippen LogP contribution in [0.15, 0.2) is 11.6 Å². The van der Waals surface area contributed by atoms with Gasteiger partial charge >= 0.3 is 0 Å². The van der Waals surface area contributed by atoms with E-state index in [0.29, 0.717) is 18.6 Å². The van der Waals surface area contributed by atoms with Crippen LogP contribution in [0, 0.1) is 5.92 Å². The highest BCUT2D eigenvalue weighted by Crippen LogP contribution is 2.22. The molecule has 1 fully saturated rings. The summed E-state index contributed by atoms with van der Waals surface area (Å²) in [5, 5.41) is 9.23. The highest BCUT2D eigenvalue weighted by molar-refractivity contribution is 5.08. The second kappa shape index (κ2) is 5.80. The van der Waals surface area contributed by atoms with Crippen molar-refractivity contribution >= 4 is 0 Å². The molecule has 2 rings (SSSR count). The van der Waals surface area contributed by atoms with E-state index in [1.807, 2.05) is 0 Å². The summed E-state index contributed by atoms with van der Waals surface area (Å²) in [6, 6.07) is 0.644. The molecule has 0 saturated carbocycles. The van der Waals surface area contributed by atoms with Gasteiger partial charge in [0.1, 0.15) is 0 Å². The van der Waals surface area contributed by atoms with Crippen molar-refractivity contribution in [2.45, 2.75) is 32.2 Å². The van der Waals surface area contributed by atoms with Gasteiger partial charge in [-0.1, -0.05) is 6.08 Å². The van der Waals surface area contributed by atoms with Gasteiger partial charge in [0.2, 0.25) is 0 Å². The first-order valence-electron chi connectivity index (χ1n) is 6.40. The van der Waals surface area contributed by atoms with Gasteiger partial charge in [-0.25, -0.2) is 0 Å². The molecule has 0 aromatic rings. The summed E-state index contributed by atoms with van der Waals surface area (Å²) < 4.78 is 5.47. The molecule has 0 bridgehead atoms. The SMILES string of the molecule is CC1CCC(CO)CN1CC1=CCCOC1. The van der Waals surface area contributed by atoms with Gasteiger partial charge in [-0.3, -0.25) is 4.90 Å². The van der Waals surface area contributed by atoms with E-state index in [9.17, 15) is 5.11 Å². The van der Waals surface area contributed by atoms with Gasteiger partial charge in [-0.05, 0) is 37.7 Å². The second-order valence-corrected chi connectivity index (χ2v) is 5.11. The zero-order valence-corrected chi connectivity index (χ0v) is 10.2. The van der Waals surface area contributed by atoms with Crippen molar-refractivity contribution in [1.82, 2.24) is 4.90 Å². The van der Waals surface area contributed by atoms with Crippen LogP contribution in [-0.4, -0.2) is 49.0 Å². The summed E-state index contributed by atoms with van der Waals surface area (Å²) in [5.41, 5.74) is 1.41. The van der Waals surface area contributed by atoms with Crippen molar-refractivity contribution in [2.75, 3.05) is 32.9 Å². The molecular formula is C13H23NO2. The van der Waals surface area contributed by atoms with Crippen molar-refractivity contribution in [2.24, 2.45) is 5.92 Å². The first kappa shape index (κ1) is 12.1. The molecule has 2 aliphatic heterocycles. The maximum absolute atomic E-state index is 9.23. The molecule has 2 heterocycles. The van der Waals surface area contributed by atoms with E-state index >= 15 is 0 Å². The van der Waals surface area contributed by atoms with Gasteiger partial charge in [0.05, 0.1) is 13.2 Å². The number of likely N-dealkylation sites (tertiary alicyclic amines) is 1. The van der Waals surface area contributed by atoms with Crippen molar-refractivity contribution in [3.8, 4) is 0 Å². The maximum Gasteiger partial charge on any atom is 0.0689 e. The van der Waals surface area contributed by atoms with Crippen LogP contribution in [0.2, 0.25) is 0 Å². The number of ether oxygens (including phenoxy) is 1. The number of hydrogen-bond donors (Lipinski definition) is 1. The summed E-state index contributed by atoms with van der Waals surface area (Å²) in [4.78, 5) is 2.49. The minimum atomic E-state index is 0.332. The molecule has 0 spiro atoms. The van der Waals surface area contributed by atoms with Crippen LogP contribution in [0.4, 0.5) is 0 Å². The normalized spacial score (nSPS) is 32.5. The average molecular weight is 225 g/mol. The minimum Gasteiger partial charge on any atom is -0.396 e. The van der Waals surface area contributed by atoms with Crippen LogP contribution in [0.3, 0.4) is 0 Å². The number of hydrogen-bond acceptors (Lipinski definition) is 3. The van der Waals surface area contributed by atoms with E-state index in [1.165, 1.54) is 18.4 Å². The lowest BCUT2D eigenvalue weighted by atomic mass is 9.93. The van der Waals surface area contributed by atoms with E-state index in [0.717, 1.165) is 32.7 Å². The van der Waals surface area contributed by atoms with Gasteiger partial charge in [-0.2, -0.15) is 0 Å². The molecule has 0 aliphatic carbocycles. The Hall–Kier alpha value is -0.380. The molecule has 1 saturated heterocycles. The Bertz CT molecular complexity index is 252. The summed E-state index contributed by atoms with van der Waals surface area (Å²) in [6.07, 6.45) is 5.75. The third kappa shape index (κ3) is 3.06. The van der Waals surface area contributed by atoms with Crippen LogP contribution in [0.1, 0.15) is 26.2 Å². The van der Waals surface area contributed by atoms with Crippen LogP contribution in [0.5, 0.6) is 0 Å². The molecule has 2 unspecified atom stereocenters.